The number of carbonyl (C=O) groups excluding carboxylic acids is 2. The van der Waals surface area contributed by atoms with E-state index in [4.69, 9.17) is 0 Å². The Kier molecular flexibility index (Phi) is 8.64. The van der Waals surface area contributed by atoms with Crippen molar-refractivity contribution in [1.29, 1.82) is 0 Å². The molecule has 0 aliphatic rings. The van der Waals surface area contributed by atoms with E-state index in [0.717, 1.165) is 34.2 Å². The molecule has 0 aliphatic carbocycles. The van der Waals surface area contributed by atoms with Crippen LogP contribution in [0.5, 0.6) is 0 Å². The predicted molar refractivity (Wildman–Crippen MR) is 123 cm³/mol. The van der Waals surface area contributed by atoms with E-state index in [2.05, 4.69) is 23.5 Å². The zero-order chi connectivity index (χ0) is 22.3. The summed E-state index contributed by atoms with van der Waals surface area (Å²) in [6.07, 6.45) is 1.73. The molecule has 30 heavy (non-hydrogen) atoms. The van der Waals surface area contributed by atoms with Gasteiger partial charge in [0, 0.05) is 12.6 Å². The molecule has 0 spiro atoms. The van der Waals surface area contributed by atoms with Crippen LogP contribution in [0.3, 0.4) is 0 Å². The van der Waals surface area contributed by atoms with Gasteiger partial charge in [0.05, 0.1) is 6.42 Å². The Labute approximate surface area is 181 Å². The predicted octanol–water partition coefficient (Wildman–Crippen LogP) is 4.88. The van der Waals surface area contributed by atoms with Crippen molar-refractivity contribution in [3.8, 4) is 0 Å². The van der Waals surface area contributed by atoms with Crippen LogP contribution in [0.1, 0.15) is 61.4 Å². The van der Waals surface area contributed by atoms with Crippen molar-refractivity contribution >= 4 is 11.8 Å². The Morgan fingerprint density at radius 2 is 1.60 bits per heavy atom. The largest absolute Gasteiger partial charge is 0.352 e. The number of amides is 2. The van der Waals surface area contributed by atoms with Gasteiger partial charge in [-0.1, -0.05) is 67.4 Å². The van der Waals surface area contributed by atoms with Crippen LogP contribution in [0.15, 0.2) is 42.5 Å². The molecule has 4 heteroatoms. The fourth-order valence-corrected chi connectivity index (χ4v) is 3.78. The lowest BCUT2D eigenvalue weighted by molar-refractivity contribution is -0.141. The van der Waals surface area contributed by atoms with Gasteiger partial charge in [0.1, 0.15) is 6.04 Å². The summed E-state index contributed by atoms with van der Waals surface area (Å²) >= 11 is 0. The summed E-state index contributed by atoms with van der Waals surface area (Å²) in [4.78, 5) is 28.2. The Morgan fingerprint density at radius 3 is 2.17 bits per heavy atom. The standard InChI is InChI=1S/C26H36N2O2/c1-7-21(6)27-26(30)24(8-2)28(17-23-12-10-9-11-20(23)5)25(29)16-22-14-18(3)13-19(4)15-22/h9-15,21,24H,7-8,16-17H2,1-6H3,(H,27,30)/t21-,24-/m1/s1. The van der Waals surface area contributed by atoms with E-state index in [0.29, 0.717) is 19.4 Å². The molecule has 0 saturated carbocycles. The minimum Gasteiger partial charge on any atom is -0.352 e. The van der Waals surface area contributed by atoms with E-state index in [1.165, 1.54) is 0 Å². The lowest BCUT2D eigenvalue weighted by atomic mass is 10.0. The maximum absolute atomic E-state index is 13.5. The second kappa shape index (κ2) is 11.0. The highest BCUT2D eigenvalue weighted by Crippen LogP contribution is 2.18. The third kappa shape index (κ3) is 6.45. The van der Waals surface area contributed by atoms with Crippen molar-refractivity contribution in [2.75, 3.05) is 0 Å². The van der Waals surface area contributed by atoms with Gasteiger partial charge in [-0.3, -0.25) is 9.59 Å². The molecule has 4 nitrogen and oxygen atoms in total. The molecule has 2 amide bonds. The van der Waals surface area contributed by atoms with Crippen molar-refractivity contribution in [2.24, 2.45) is 0 Å². The second-order valence-corrected chi connectivity index (χ2v) is 8.36. The number of hydrogen-bond donors (Lipinski definition) is 1. The molecule has 0 fully saturated rings. The Balaban J connectivity index is 2.34. The molecule has 2 atom stereocenters. The van der Waals surface area contributed by atoms with Gasteiger partial charge in [-0.2, -0.15) is 0 Å². The fourth-order valence-electron chi connectivity index (χ4n) is 3.78. The maximum Gasteiger partial charge on any atom is 0.243 e. The zero-order valence-electron chi connectivity index (χ0n) is 19.3. The first-order valence-electron chi connectivity index (χ1n) is 11.0. The van der Waals surface area contributed by atoms with Crippen LogP contribution in [0.4, 0.5) is 0 Å². The van der Waals surface area contributed by atoms with E-state index in [9.17, 15) is 9.59 Å². The molecular weight excluding hydrogens is 372 g/mol. The lowest BCUT2D eigenvalue weighted by Gasteiger charge is -2.32. The summed E-state index contributed by atoms with van der Waals surface area (Å²) in [6.45, 7) is 12.6. The minimum atomic E-state index is -0.489. The number of hydrogen-bond acceptors (Lipinski definition) is 2. The van der Waals surface area contributed by atoms with Gasteiger partial charge in [0.2, 0.25) is 11.8 Å². The molecule has 0 unspecified atom stereocenters. The summed E-state index contributed by atoms with van der Waals surface area (Å²) < 4.78 is 0. The van der Waals surface area contributed by atoms with E-state index < -0.39 is 6.04 Å². The van der Waals surface area contributed by atoms with Gasteiger partial charge >= 0.3 is 0 Å². The number of rotatable bonds is 9. The summed E-state index contributed by atoms with van der Waals surface area (Å²) in [7, 11) is 0. The molecule has 0 aromatic heterocycles. The summed E-state index contributed by atoms with van der Waals surface area (Å²) in [6, 6.07) is 13.9. The summed E-state index contributed by atoms with van der Waals surface area (Å²) in [5, 5.41) is 3.07. The van der Waals surface area contributed by atoms with Crippen LogP contribution in [0.25, 0.3) is 0 Å². The first kappa shape index (κ1) is 23.7. The van der Waals surface area contributed by atoms with Gasteiger partial charge in [-0.15, -0.1) is 0 Å². The number of nitrogens with one attached hydrogen (secondary N) is 1. The first-order chi connectivity index (χ1) is 14.2. The quantitative estimate of drug-likeness (QED) is 0.643. The van der Waals surface area contributed by atoms with E-state index in [-0.39, 0.29) is 17.9 Å². The molecule has 0 radical (unpaired) electrons. The number of aryl methyl sites for hydroxylation is 3. The molecular formula is C26H36N2O2. The highest BCUT2D eigenvalue weighted by molar-refractivity contribution is 5.88. The molecule has 0 bridgehead atoms. The van der Waals surface area contributed by atoms with Gasteiger partial charge in [0.25, 0.3) is 0 Å². The molecule has 2 rings (SSSR count). The SMILES string of the molecule is CC[C@@H](C)NC(=O)[C@@H](CC)N(Cc1ccccc1C)C(=O)Cc1cc(C)cc(C)c1. The number of carbonyl (C=O) groups is 2. The average molecular weight is 409 g/mol. The van der Waals surface area contributed by atoms with Gasteiger partial charge in [-0.25, -0.2) is 0 Å². The molecule has 0 heterocycles. The van der Waals surface area contributed by atoms with Crippen molar-refractivity contribution in [3.05, 3.63) is 70.3 Å². The van der Waals surface area contributed by atoms with Crippen LogP contribution in [-0.2, 0) is 22.6 Å². The number of nitrogens with zero attached hydrogens (tertiary/aromatic N) is 1. The monoisotopic (exact) mass is 408 g/mol. The first-order valence-corrected chi connectivity index (χ1v) is 11.0. The topological polar surface area (TPSA) is 49.4 Å². The third-order valence-corrected chi connectivity index (χ3v) is 5.63. The van der Waals surface area contributed by atoms with Crippen molar-refractivity contribution in [2.45, 2.75) is 79.4 Å². The average Bonchev–Trinajstić information content (AvgIpc) is 2.68. The zero-order valence-corrected chi connectivity index (χ0v) is 19.3. The van der Waals surface area contributed by atoms with Gasteiger partial charge in [-0.05, 0) is 57.2 Å². The number of benzene rings is 2. The lowest BCUT2D eigenvalue weighted by Crippen LogP contribution is -2.51. The Morgan fingerprint density at radius 1 is 0.967 bits per heavy atom. The summed E-state index contributed by atoms with van der Waals surface area (Å²) in [5.41, 5.74) is 5.47. The molecule has 2 aromatic rings. The Hall–Kier alpha value is -2.62. The van der Waals surface area contributed by atoms with E-state index in [1.54, 1.807) is 4.90 Å². The molecule has 2 aromatic carbocycles. The van der Waals surface area contributed by atoms with Crippen LogP contribution < -0.4 is 5.32 Å². The fraction of sp³-hybridized carbons (Fsp3) is 0.462. The van der Waals surface area contributed by atoms with Crippen LogP contribution in [-0.4, -0.2) is 28.8 Å². The van der Waals surface area contributed by atoms with E-state index >= 15 is 0 Å². The molecule has 0 saturated heterocycles. The molecule has 162 valence electrons. The van der Waals surface area contributed by atoms with Gasteiger partial charge in [0.15, 0.2) is 0 Å². The van der Waals surface area contributed by atoms with Crippen LogP contribution >= 0.6 is 0 Å². The van der Waals surface area contributed by atoms with Crippen LogP contribution in [0.2, 0.25) is 0 Å². The molecule has 0 aliphatic heterocycles. The maximum atomic E-state index is 13.5. The Bertz CT molecular complexity index is 855. The molecule has 1 N–H and O–H groups in total. The highest BCUT2D eigenvalue weighted by Gasteiger charge is 2.29. The summed E-state index contributed by atoms with van der Waals surface area (Å²) in [5.74, 6) is -0.0939. The minimum absolute atomic E-state index is 0.0191. The van der Waals surface area contributed by atoms with Crippen molar-refractivity contribution in [3.63, 3.8) is 0 Å². The van der Waals surface area contributed by atoms with Crippen molar-refractivity contribution in [1.82, 2.24) is 10.2 Å². The van der Waals surface area contributed by atoms with Crippen molar-refractivity contribution < 1.29 is 9.59 Å². The highest BCUT2D eigenvalue weighted by atomic mass is 16.2. The second-order valence-electron chi connectivity index (χ2n) is 8.36. The smallest absolute Gasteiger partial charge is 0.243 e. The third-order valence-electron chi connectivity index (χ3n) is 5.63. The van der Waals surface area contributed by atoms with E-state index in [1.807, 2.05) is 65.8 Å². The van der Waals surface area contributed by atoms with Crippen LogP contribution in [0, 0.1) is 20.8 Å². The van der Waals surface area contributed by atoms with Gasteiger partial charge < -0.3 is 10.2 Å². The normalized spacial score (nSPS) is 12.9.